The number of rotatable bonds is 8. The molecule has 0 aliphatic rings. The van der Waals surface area contributed by atoms with Gasteiger partial charge in [-0.15, -0.1) is 0 Å². The van der Waals surface area contributed by atoms with Gasteiger partial charge in [0.25, 0.3) is 0 Å². The summed E-state index contributed by atoms with van der Waals surface area (Å²) in [5, 5.41) is 2.76. The standard InChI is InChI=1S/C10H21NO2S/c1-9(2)3-6-13-7-5-11-10(12)4-8-14/h9,14H,3-8H2,1-2H3,(H,11,12). The van der Waals surface area contributed by atoms with Gasteiger partial charge in [-0.2, -0.15) is 12.6 Å². The molecule has 1 N–H and O–H groups in total. The second kappa shape index (κ2) is 9.34. The number of amides is 1. The molecule has 0 aliphatic heterocycles. The van der Waals surface area contributed by atoms with E-state index in [4.69, 9.17) is 4.74 Å². The first-order valence-corrected chi connectivity index (χ1v) is 5.75. The van der Waals surface area contributed by atoms with Crippen molar-refractivity contribution in [3.8, 4) is 0 Å². The summed E-state index contributed by atoms with van der Waals surface area (Å²) in [5.74, 6) is 1.32. The average molecular weight is 219 g/mol. The van der Waals surface area contributed by atoms with E-state index in [1.54, 1.807) is 0 Å². The van der Waals surface area contributed by atoms with Gasteiger partial charge in [-0.05, 0) is 18.1 Å². The number of carbonyl (C=O) groups is 1. The van der Waals surface area contributed by atoms with E-state index in [0.29, 0.717) is 31.2 Å². The smallest absolute Gasteiger partial charge is 0.220 e. The van der Waals surface area contributed by atoms with E-state index in [0.717, 1.165) is 13.0 Å². The second-order valence-electron chi connectivity index (χ2n) is 3.62. The monoisotopic (exact) mass is 219 g/mol. The summed E-state index contributed by atoms with van der Waals surface area (Å²) in [7, 11) is 0. The van der Waals surface area contributed by atoms with Crippen molar-refractivity contribution in [2.24, 2.45) is 5.92 Å². The molecule has 0 fully saturated rings. The Labute approximate surface area is 92.0 Å². The van der Waals surface area contributed by atoms with Gasteiger partial charge < -0.3 is 10.1 Å². The van der Waals surface area contributed by atoms with E-state index >= 15 is 0 Å². The number of thiol groups is 1. The van der Waals surface area contributed by atoms with E-state index in [1.165, 1.54) is 0 Å². The molecule has 0 spiro atoms. The molecule has 0 saturated carbocycles. The fourth-order valence-corrected chi connectivity index (χ4v) is 1.08. The summed E-state index contributed by atoms with van der Waals surface area (Å²) in [6.45, 7) is 6.31. The molecule has 0 unspecified atom stereocenters. The normalized spacial score (nSPS) is 10.6. The van der Waals surface area contributed by atoms with Gasteiger partial charge in [0.1, 0.15) is 0 Å². The fraction of sp³-hybridized carbons (Fsp3) is 0.900. The van der Waals surface area contributed by atoms with Crippen LogP contribution < -0.4 is 5.32 Å². The highest BCUT2D eigenvalue weighted by atomic mass is 32.1. The van der Waals surface area contributed by atoms with E-state index in [9.17, 15) is 4.79 Å². The first kappa shape index (κ1) is 13.8. The fourth-order valence-electron chi connectivity index (χ4n) is 0.874. The van der Waals surface area contributed by atoms with Crippen molar-refractivity contribution in [2.75, 3.05) is 25.5 Å². The number of carbonyl (C=O) groups excluding carboxylic acids is 1. The van der Waals surface area contributed by atoms with Crippen LogP contribution in [0.15, 0.2) is 0 Å². The van der Waals surface area contributed by atoms with Crippen LogP contribution in [0.3, 0.4) is 0 Å². The van der Waals surface area contributed by atoms with Gasteiger partial charge in [0.15, 0.2) is 0 Å². The van der Waals surface area contributed by atoms with Crippen LogP contribution in [0.2, 0.25) is 0 Å². The van der Waals surface area contributed by atoms with Gasteiger partial charge in [-0.1, -0.05) is 13.8 Å². The van der Waals surface area contributed by atoms with Gasteiger partial charge in [-0.3, -0.25) is 4.79 Å². The van der Waals surface area contributed by atoms with E-state index in [-0.39, 0.29) is 5.91 Å². The molecule has 14 heavy (non-hydrogen) atoms. The predicted octanol–water partition coefficient (Wildman–Crippen LogP) is 1.49. The minimum Gasteiger partial charge on any atom is -0.380 e. The maximum Gasteiger partial charge on any atom is 0.220 e. The number of ether oxygens (including phenoxy) is 1. The summed E-state index contributed by atoms with van der Waals surface area (Å²) in [6.07, 6.45) is 1.56. The molecule has 0 rings (SSSR count). The van der Waals surface area contributed by atoms with Crippen molar-refractivity contribution in [2.45, 2.75) is 26.7 Å². The van der Waals surface area contributed by atoms with Crippen molar-refractivity contribution in [1.82, 2.24) is 5.32 Å². The topological polar surface area (TPSA) is 38.3 Å². The van der Waals surface area contributed by atoms with Crippen LogP contribution in [-0.2, 0) is 9.53 Å². The molecule has 0 radical (unpaired) electrons. The van der Waals surface area contributed by atoms with E-state index in [1.807, 2.05) is 0 Å². The molecule has 0 aliphatic carbocycles. The Bertz CT molecular complexity index is 151. The Kier molecular flexibility index (Phi) is 9.19. The lowest BCUT2D eigenvalue weighted by Gasteiger charge is -2.07. The SMILES string of the molecule is CC(C)CCOCCNC(=O)CCS. The maximum atomic E-state index is 11.0. The van der Waals surface area contributed by atoms with E-state index < -0.39 is 0 Å². The third-order valence-electron chi connectivity index (χ3n) is 1.75. The average Bonchev–Trinajstić information content (AvgIpc) is 2.11. The van der Waals surface area contributed by atoms with Gasteiger partial charge >= 0.3 is 0 Å². The molecule has 0 saturated heterocycles. The van der Waals surface area contributed by atoms with E-state index in [2.05, 4.69) is 31.8 Å². The zero-order valence-electron chi connectivity index (χ0n) is 9.08. The van der Waals surface area contributed by atoms with Crippen LogP contribution in [0.25, 0.3) is 0 Å². The van der Waals surface area contributed by atoms with Gasteiger partial charge in [-0.25, -0.2) is 0 Å². The molecule has 84 valence electrons. The summed E-state index contributed by atoms with van der Waals surface area (Å²) in [5.41, 5.74) is 0. The highest BCUT2D eigenvalue weighted by Gasteiger charge is 1.98. The molecule has 4 heteroatoms. The van der Waals surface area contributed by atoms with Crippen LogP contribution in [0, 0.1) is 5.92 Å². The van der Waals surface area contributed by atoms with Crippen molar-refractivity contribution < 1.29 is 9.53 Å². The van der Waals surface area contributed by atoms with Crippen LogP contribution in [0.4, 0.5) is 0 Å². The molecular formula is C10H21NO2S. The number of hydrogen-bond acceptors (Lipinski definition) is 3. The largest absolute Gasteiger partial charge is 0.380 e. The summed E-state index contributed by atoms with van der Waals surface area (Å²) >= 11 is 3.97. The quantitative estimate of drug-likeness (QED) is 0.479. The summed E-state index contributed by atoms with van der Waals surface area (Å²) < 4.78 is 5.34. The van der Waals surface area contributed by atoms with Crippen molar-refractivity contribution in [3.63, 3.8) is 0 Å². The van der Waals surface area contributed by atoms with Gasteiger partial charge in [0.05, 0.1) is 6.61 Å². The minimum absolute atomic E-state index is 0.0486. The van der Waals surface area contributed by atoms with Crippen LogP contribution >= 0.6 is 12.6 Å². The predicted molar refractivity (Wildman–Crippen MR) is 61.8 cm³/mol. The summed E-state index contributed by atoms with van der Waals surface area (Å²) in [6, 6.07) is 0. The number of hydrogen-bond donors (Lipinski definition) is 2. The first-order valence-electron chi connectivity index (χ1n) is 5.12. The summed E-state index contributed by atoms with van der Waals surface area (Å²) in [4.78, 5) is 11.0. The van der Waals surface area contributed by atoms with Crippen LogP contribution in [0.5, 0.6) is 0 Å². The molecule has 1 amide bonds. The Balaban J connectivity index is 3.09. The molecule has 0 heterocycles. The van der Waals surface area contributed by atoms with Crippen molar-refractivity contribution >= 4 is 18.5 Å². The number of nitrogens with one attached hydrogen (secondary N) is 1. The lowest BCUT2D eigenvalue weighted by molar-refractivity contribution is -0.120. The molecule has 0 aromatic rings. The lowest BCUT2D eigenvalue weighted by atomic mass is 10.1. The van der Waals surface area contributed by atoms with Crippen LogP contribution in [-0.4, -0.2) is 31.4 Å². The van der Waals surface area contributed by atoms with Gasteiger partial charge in [0.2, 0.25) is 5.91 Å². The molecule has 0 atom stereocenters. The maximum absolute atomic E-state index is 11.0. The highest BCUT2D eigenvalue weighted by Crippen LogP contribution is 1.98. The first-order chi connectivity index (χ1) is 6.66. The Morgan fingerprint density at radius 2 is 2.14 bits per heavy atom. The third kappa shape index (κ3) is 9.86. The van der Waals surface area contributed by atoms with Gasteiger partial charge in [0, 0.05) is 19.6 Å². The zero-order chi connectivity index (χ0) is 10.8. The second-order valence-corrected chi connectivity index (χ2v) is 4.07. The Morgan fingerprint density at radius 3 is 2.71 bits per heavy atom. The van der Waals surface area contributed by atoms with Crippen LogP contribution in [0.1, 0.15) is 26.7 Å². The lowest BCUT2D eigenvalue weighted by Crippen LogP contribution is -2.27. The molecule has 3 nitrogen and oxygen atoms in total. The zero-order valence-corrected chi connectivity index (χ0v) is 9.98. The third-order valence-corrected chi connectivity index (χ3v) is 1.97. The minimum atomic E-state index is 0.0486. The Morgan fingerprint density at radius 1 is 1.43 bits per heavy atom. The molecule has 0 aromatic carbocycles. The van der Waals surface area contributed by atoms with Crippen molar-refractivity contribution in [3.05, 3.63) is 0 Å². The molecular weight excluding hydrogens is 198 g/mol. The molecule has 0 aromatic heterocycles. The van der Waals surface area contributed by atoms with Crippen molar-refractivity contribution in [1.29, 1.82) is 0 Å². The Hall–Kier alpha value is -0.220. The molecule has 0 bridgehead atoms. The highest BCUT2D eigenvalue weighted by molar-refractivity contribution is 7.80.